The van der Waals surface area contributed by atoms with Crippen LogP contribution in [0, 0.1) is 0 Å². The van der Waals surface area contributed by atoms with Crippen molar-refractivity contribution in [1.82, 2.24) is 5.48 Å². The highest BCUT2D eigenvalue weighted by molar-refractivity contribution is 5.62. The normalized spacial score (nSPS) is 12.6. The summed E-state index contributed by atoms with van der Waals surface area (Å²) >= 11 is 0. The minimum absolute atomic E-state index is 0.690. The summed E-state index contributed by atoms with van der Waals surface area (Å²) in [6, 6.07) is 16.5. The van der Waals surface area contributed by atoms with E-state index in [4.69, 9.17) is 9.94 Å². The van der Waals surface area contributed by atoms with Gasteiger partial charge in [0, 0.05) is 24.4 Å². The average Bonchev–Trinajstić information content (AvgIpc) is 2.80. The highest BCUT2D eigenvalue weighted by Gasteiger charge is 2.19. The first-order valence-corrected chi connectivity index (χ1v) is 8.95. The zero-order valence-corrected chi connectivity index (χ0v) is 14.6. The summed E-state index contributed by atoms with van der Waals surface area (Å²) < 4.78 is 6.13. The molecule has 0 aromatic heterocycles. The number of anilines is 1. The van der Waals surface area contributed by atoms with Gasteiger partial charge in [0.25, 0.3) is 0 Å². The molecule has 0 unspecified atom stereocenters. The molecule has 0 spiro atoms. The van der Waals surface area contributed by atoms with Crippen molar-refractivity contribution in [2.24, 2.45) is 0 Å². The van der Waals surface area contributed by atoms with Gasteiger partial charge in [0.05, 0.1) is 5.69 Å². The van der Waals surface area contributed by atoms with Gasteiger partial charge in [-0.3, -0.25) is 10.7 Å². The number of para-hydroxylation sites is 3. The lowest BCUT2D eigenvalue weighted by Gasteiger charge is -2.24. The van der Waals surface area contributed by atoms with E-state index >= 15 is 0 Å². The Labute approximate surface area is 149 Å². The summed E-state index contributed by atoms with van der Waals surface area (Å²) in [6.45, 7) is 5.62. The molecule has 2 aromatic rings. The largest absolute Gasteiger partial charge is 0.455 e. The highest BCUT2D eigenvalue weighted by Crippen LogP contribution is 2.38. The summed E-state index contributed by atoms with van der Waals surface area (Å²) in [5.74, 6) is 1.88. The SMILES string of the molecule is C=C(CCCCCCN1Cc2ccccc2Oc2ccccc21)NO. The third-order valence-electron chi connectivity index (χ3n) is 4.57. The van der Waals surface area contributed by atoms with Crippen molar-refractivity contribution in [3.05, 3.63) is 66.4 Å². The molecule has 0 radical (unpaired) electrons. The van der Waals surface area contributed by atoms with Gasteiger partial charge in [0.2, 0.25) is 0 Å². The number of benzene rings is 2. The molecule has 0 amide bonds. The van der Waals surface area contributed by atoms with Crippen LogP contribution in [0.15, 0.2) is 60.8 Å². The number of hydroxylamine groups is 1. The standard InChI is InChI=1S/C21H26N2O2/c1-17(22-24)10-4-2-3-9-15-23-16-18-11-5-7-13-20(18)25-21-14-8-6-12-19(21)23/h5-8,11-14,22,24H,1-4,9-10,15-16H2. The Bertz CT molecular complexity index is 715. The van der Waals surface area contributed by atoms with Gasteiger partial charge < -0.3 is 9.64 Å². The predicted molar refractivity (Wildman–Crippen MR) is 101 cm³/mol. The molecule has 2 aromatic carbocycles. The van der Waals surface area contributed by atoms with Crippen molar-refractivity contribution < 1.29 is 9.94 Å². The molecule has 1 aliphatic heterocycles. The Balaban J connectivity index is 1.59. The van der Waals surface area contributed by atoms with E-state index in [0.717, 1.165) is 56.0 Å². The van der Waals surface area contributed by atoms with E-state index in [1.54, 1.807) is 0 Å². The molecule has 1 heterocycles. The van der Waals surface area contributed by atoms with Crippen LogP contribution in [-0.2, 0) is 6.54 Å². The van der Waals surface area contributed by atoms with Crippen LogP contribution in [0.3, 0.4) is 0 Å². The number of fused-ring (bicyclic) bond motifs is 2. The Morgan fingerprint density at radius 3 is 2.56 bits per heavy atom. The van der Waals surface area contributed by atoms with Crippen molar-refractivity contribution >= 4 is 5.69 Å². The minimum Gasteiger partial charge on any atom is -0.455 e. The number of nitrogens with zero attached hydrogens (tertiary/aromatic N) is 1. The van der Waals surface area contributed by atoms with Gasteiger partial charge in [0.15, 0.2) is 5.75 Å². The molecule has 0 bridgehead atoms. The Hall–Kier alpha value is -2.46. The van der Waals surface area contributed by atoms with E-state index in [0.29, 0.717) is 5.70 Å². The van der Waals surface area contributed by atoms with Crippen molar-refractivity contribution in [2.75, 3.05) is 11.4 Å². The molecule has 0 atom stereocenters. The van der Waals surface area contributed by atoms with Gasteiger partial charge in [0.1, 0.15) is 5.75 Å². The maximum atomic E-state index is 8.74. The minimum atomic E-state index is 0.690. The second-order valence-electron chi connectivity index (χ2n) is 6.48. The molecule has 0 aliphatic carbocycles. The predicted octanol–water partition coefficient (Wildman–Crippen LogP) is 5.24. The van der Waals surface area contributed by atoms with Crippen molar-refractivity contribution in [1.29, 1.82) is 0 Å². The fourth-order valence-electron chi connectivity index (χ4n) is 3.20. The van der Waals surface area contributed by atoms with Crippen molar-refractivity contribution in [3.8, 4) is 11.5 Å². The first-order chi connectivity index (χ1) is 12.3. The Morgan fingerprint density at radius 2 is 1.72 bits per heavy atom. The number of hydrogen-bond donors (Lipinski definition) is 2. The number of nitrogens with one attached hydrogen (secondary N) is 1. The topological polar surface area (TPSA) is 44.7 Å². The molecule has 4 heteroatoms. The summed E-state index contributed by atoms with van der Waals surface area (Å²) in [7, 11) is 0. The smallest absolute Gasteiger partial charge is 0.150 e. The lowest BCUT2D eigenvalue weighted by Crippen LogP contribution is -2.23. The highest BCUT2D eigenvalue weighted by atomic mass is 16.5. The number of ether oxygens (including phenoxy) is 1. The zero-order valence-electron chi connectivity index (χ0n) is 14.6. The van der Waals surface area contributed by atoms with Crippen LogP contribution < -0.4 is 15.1 Å². The van der Waals surface area contributed by atoms with E-state index in [1.165, 1.54) is 12.0 Å². The maximum Gasteiger partial charge on any atom is 0.150 e. The second-order valence-corrected chi connectivity index (χ2v) is 6.48. The van der Waals surface area contributed by atoms with Crippen LogP contribution >= 0.6 is 0 Å². The lowest BCUT2D eigenvalue weighted by molar-refractivity contribution is 0.196. The van der Waals surface area contributed by atoms with Crippen LogP contribution in [0.4, 0.5) is 5.69 Å². The van der Waals surface area contributed by atoms with Gasteiger partial charge in [-0.1, -0.05) is 49.8 Å². The van der Waals surface area contributed by atoms with E-state index in [9.17, 15) is 0 Å². The first kappa shape index (κ1) is 17.4. The summed E-state index contributed by atoms with van der Waals surface area (Å²) in [6.07, 6.45) is 5.32. The number of hydrogen-bond acceptors (Lipinski definition) is 4. The van der Waals surface area contributed by atoms with Crippen LogP contribution in [-0.4, -0.2) is 11.8 Å². The van der Waals surface area contributed by atoms with Crippen LogP contribution in [0.1, 0.15) is 37.7 Å². The maximum absolute atomic E-state index is 8.74. The molecule has 1 aliphatic rings. The molecule has 0 saturated heterocycles. The molecular weight excluding hydrogens is 312 g/mol. The average molecular weight is 338 g/mol. The quantitative estimate of drug-likeness (QED) is 0.510. The second kappa shape index (κ2) is 8.58. The van der Waals surface area contributed by atoms with Crippen molar-refractivity contribution in [2.45, 2.75) is 38.6 Å². The van der Waals surface area contributed by atoms with Crippen molar-refractivity contribution in [3.63, 3.8) is 0 Å². The lowest BCUT2D eigenvalue weighted by atomic mass is 10.1. The molecule has 0 saturated carbocycles. The molecule has 3 rings (SSSR count). The molecule has 2 N–H and O–H groups in total. The van der Waals surface area contributed by atoms with Gasteiger partial charge in [-0.25, -0.2) is 0 Å². The number of allylic oxidation sites excluding steroid dienone is 1. The Morgan fingerprint density at radius 1 is 1.00 bits per heavy atom. The molecule has 132 valence electrons. The zero-order chi connectivity index (χ0) is 17.5. The molecular formula is C21H26N2O2. The summed E-state index contributed by atoms with van der Waals surface area (Å²) in [4.78, 5) is 2.41. The molecule has 25 heavy (non-hydrogen) atoms. The monoisotopic (exact) mass is 338 g/mol. The number of unbranched alkanes of at least 4 members (excludes halogenated alkanes) is 3. The third kappa shape index (κ3) is 4.54. The van der Waals surface area contributed by atoms with E-state index in [2.05, 4.69) is 41.2 Å². The molecule has 0 fully saturated rings. The first-order valence-electron chi connectivity index (χ1n) is 8.95. The van der Waals surface area contributed by atoms with E-state index in [-0.39, 0.29) is 0 Å². The van der Waals surface area contributed by atoms with E-state index < -0.39 is 0 Å². The van der Waals surface area contributed by atoms with Gasteiger partial charge >= 0.3 is 0 Å². The fourth-order valence-corrected chi connectivity index (χ4v) is 3.20. The summed E-state index contributed by atoms with van der Waals surface area (Å²) in [5, 5.41) is 8.74. The molecule has 4 nitrogen and oxygen atoms in total. The van der Waals surface area contributed by atoms with E-state index in [1.807, 2.05) is 24.3 Å². The summed E-state index contributed by atoms with van der Waals surface area (Å²) in [5.41, 5.74) is 5.20. The Kier molecular flexibility index (Phi) is 5.96. The van der Waals surface area contributed by atoms with Crippen LogP contribution in [0.25, 0.3) is 0 Å². The van der Waals surface area contributed by atoms with Crippen LogP contribution in [0.2, 0.25) is 0 Å². The van der Waals surface area contributed by atoms with Crippen LogP contribution in [0.5, 0.6) is 11.5 Å². The van der Waals surface area contributed by atoms with Gasteiger partial charge in [-0.15, -0.1) is 0 Å². The fraction of sp³-hybridized carbons (Fsp3) is 0.333. The number of rotatable bonds is 8. The third-order valence-corrected chi connectivity index (χ3v) is 4.57. The van der Waals surface area contributed by atoms with Gasteiger partial charge in [-0.05, 0) is 37.5 Å². The van der Waals surface area contributed by atoms with Gasteiger partial charge in [-0.2, -0.15) is 0 Å².